The number of carbonyl (C=O) groups is 2. The summed E-state index contributed by atoms with van der Waals surface area (Å²) < 4.78 is 4.55. The van der Waals surface area contributed by atoms with Gasteiger partial charge in [-0.25, -0.2) is 4.79 Å². The maximum atomic E-state index is 11.5. The summed E-state index contributed by atoms with van der Waals surface area (Å²) in [6.45, 7) is 0. The van der Waals surface area contributed by atoms with Crippen molar-refractivity contribution in [1.29, 1.82) is 0 Å². The first-order chi connectivity index (χ1) is 9.51. The van der Waals surface area contributed by atoms with Crippen LogP contribution in [0.2, 0.25) is 0 Å². The molecule has 0 aromatic heterocycles. The minimum Gasteiger partial charge on any atom is -0.478 e. The van der Waals surface area contributed by atoms with E-state index in [1.54, 1.807) is 24.3 Å². The summed E-state index contributed by atoms with van der Waals surface area (Å²) in [5.74, 6) is -1.43. The molecule has 0 heterocycles. The highest BCUT2D eigenvalue weighted by Crippen LogP contribution is 2.10. The molecular formula is C14H15NO5. The zero-order valence-corrected chi connectivity index (χ0v) is 10.8. The Morgan fingerprint density at radius 3 is 2.45 bits per heavy atom. The van der Waals surface area contributed by atoms with Crippen LogP contribution in [0.3, 0.4) is 0 Å². The maximum Gasteiger partial charge on any atom is 0.328 e. The lowest BCUT2D eigenvalue weighted by atomic mass is 10.2. The molecule has 0 spiro atoms. The van der Waals surface area contributed by atoms with E-state index in [2.05, 4.69) is 10.1 Å². The molecule has 1 amide bonds. The van der Waals surface area contributed by atoms with Gasteiger partial charge in [-0.15, -0.1) is 0 Å². The molecule has 20 heavy (non-hydrogen) atoms. The van der Waals surface area contributed by atoms with E-state index < -0.39 is 18.2 Å². The van der Waals surface area contributed by atoms with E-state index in [0.717, 1.165) is 12.2 Å². The number of ether oxygens (including phenoxy) is 1. The minimum atomic E-state index is -1.12. The van der Waals surface area contributed by atoms with Gasteiger partial charge in [0.05, 0.1) is 0 Å². The second-order valence-corrected chi connectivity index (χ2v) is 3.77. The van der Waals surface area contributed by atoms with E-state index in [-0.39, 0.29) is 0 Å². The fourth-order valence-corrected chi connectivity index (χ4v) is 1.28. The number of carbonyl (C=O) groups excluding carboxylic acids is 1. The Morgan fingerprint density at radius 2 is 1.90 bits per heavy atom. The van der Waals surface area contributed by atoms with E-state index in [0.29, 0.717) is 11.3 Å². The lowest BCUT2D eigenvalue weighted by Crippen LogP contribution is -2.10. The van der Waals surface area contributed by atoms with Gasteiger partial charge in [-0.2, -0.15) is 0 Å². The van der Waals surface area contributed by atoms with Crippen LogP contribution < -0.4 is 5.32 Å². The summed E-state index contributed by atoms with van der Waals surface area (Å²) in [4.78, 5) is 21.8. The first-order valence-corrected chi connectivity index (χ1v) is 5.72. The van der Waals surface area contributed by atoms with Crippen molar-refractivity contribution in [3.05, 3.63) is 48.1 Å². The van der Waals surface area contributed by atoms with Crippen LogP contribution in [0.5, 0.6) is 0 Å². The van der Waals surface area contributed by atoms with Gasteiger partial charge in [0.15, 0.2) is 6.29 Å². The average Bonchev–Trinajstić information content (AvgIpc) is 2.44. The molecular weight excluding hydrogens is 262 g/mol. The molecule has 6 heteroatoms. The molecule has 6 nitrogen and oxygen atoms in total. The Kier molecular flexibility index (Phi) is 6.15. The molecule has 1 unspecified atom stereocenters. The van der Waals surface area contributed by atoms with Crippen LogP contribution in [-0.4, -0.2) is 35.5 Å². The minimum absolute atomic E-state index is 0.407. The summed E-state index contributed by atoms with van der Waals surface area (Å²) >= 11 is 0. The number of aliphatic hydroxyl groups is 1. The highest BCUT2D eigenvalue weighted by atomic mass is 16.6. The largest absolute Gasteiger partial charge is 0.478 e. The van der Waals surface area contributed by atoms with Gasteiger partial charge in [0.1, 0.15) is 0 Å². The lowest BCUT2D eigenvalue weighted by Gasteiger charge is -2.03. The number of hydrogen-bond acceptors (Lipinski definition) is 4. The van der Waals surface area contributed by atoms with Crippen molar-refractivity contribution in [2.45, 2.75) is 6.29 Å². The van der Waals surface area contributed by atoms with Crippen molar-refractivity contribution in [3.8, 4) is 0 Å². The molecule has 1 atom stereocenters. The molecule has 1 aromatic rings. The number of carboxylic acid groups (broad SMARTS) is 1. The van der Waals surface area contributed by atoms with Gasteiger partial charge in [-0.3, -0.25) is 4.79 Å². The Hall–Kier alpha value is -2.44. The highest BCUT2D eigenvalue weighted by Gasteiger charge is 2.00. The van der Waals surface area contributed by atoms with E-state index in [1.807, 2.05) is 0 Å². The maximum absolute atomic E-state index is 11.5. The summed E-state index contributed by atoms with van der Waals surface area (Å²) in [6, 6.07) is 6.62. The molecule has 3 N–H and O–H groups in total. The van der Waals surface area contributed by atoms with Crippen LogP contribution in [0.15, 0.2) is 42.5 Å². The summed E-state index contributed by atoms with van der Waals surface area (Å²) in [7, 11) is 1.32. The number of aliphatic hydroxyl groups excluding tert-OH is 1. The van der Waals surface area contributed by atoms with Crippen molar-refractivity contribution in [2.75, 3.05) is 12.4 Å². The number of rotatable bonds is 6. The zero-order valence-electron chi connectivity index (χ0n) is 10.8. The molecule has 0 bridgehead atoms. The number of anilines is 1. The van der Waals surface area contributed by atoms with Crippen LogP contribution in [0.1, 0.15) is 5.56 Å². The zero-order chi connectivity index (χ0) is 15.0. The number of carboxylic acids is 1. The quantitative estimate of drug-likeness (QED) is 0.537. The topological polar surface area (TPSA) is 95.9 Å². The van der Waals surface area contributed by atoms with Gasteiger partial charge >= 0.3 is 5.97 Å². The molecule has 0 saturated heterocycles. The summed E-state index contributed by atoms with van der Waals surface area (Å²) in [5, 5.41) is 20.1. The summed E-state index contributed by atoms with van der Waals surface area (Å²) in [6.07, 6.45) is 3.72. The van der Waals surface area contributed by atoms with E-state index in [1.165, 1.54) is 19.3 Å². The fourth-order valence-electron chi connectivity index (χ4n) is 1.28. The predicted molar refractivity (Wildman–Crippen MR) is 73.9 cm³/mol. The normalized spacial score (nSPS) is 12.7. The number of hydrogen-bond donors (Lipinski definition) is 3. The Balaban J connectivity index is 2.59. The van der Waals surface area contributed by atoms with Crippen molar-refractivity contribution < 1.29 is 24.5 Å². The van der Waals surface area contributed by atoms with Crippen LogP contribution in [0.4, 0.5) is 5.69 Å². The van der Waals surface area contributed by atoms with Crippen LogP contribution in [-0.2, 0) is 14.3 Å². The number of nitrogens with one attached hydrogen (secondary N) is 1. The molecule has 0 aliphatic rings. The molecule has 0 aliphatic heterocycles. The molecule has 106 valence electrons. The Labute approximate surface area is 116 Å². The molecule has 1 rings (SSSR count). The molecule has 0 aliphatic carbocycles. The first-order valence-electron chi connectivity index (χ1n) is 5.72. The third-order valence-corrected chi connectivity index (χ3v) is 2.25. The molecule has 1 aromatic carbocycles. The van der Waals surface area contributed by atoms with Gasteiger partial charge < -0.3 is 20.3 Å². The van der Waals surface area contributed by atoms with Gasteiger partial charge in [-0.1, -0.05) is 12.1 Å². The first kappa shape index (κ1) is 15.6. The third-order valence-electron chi connectivity index (χ3n) is 2.25. The van der Waals surface area contributed by atoms with Crippen molar-refractivity contribution in [2.24, 2.45) is 0 Å². The standard InChI is InChI=1S/C14H15NO5/c1-20-14(19)9-7-12(16)15-11-5-2-10(3-6-11)4-8-13(17)18/h2-9,14,19H,1H3,(H,15,16)(H,17,18)/b8-4+,9-7+. The van der Waals surface area contributed by atoms with Crippen LogP contribution in [0, 0.1) is 0 Å². The van der Waals surface area contributed by atoms with Gasteiger partial charge in [0.25, 0.3) is 0 Å². The number of aliphatic carboxylic acids is 1. The lowest BCUT2D eigenvalue weighted by molar-refractivity contribution is -0.131. The number of benzene rings is 1. The van der Waals surface area contributed by atoms with E-state index in [4.69, 9.17) is 10.2 Å². The van der Waals surface area contributed by atoms with Gasteiger partial charge in [0.2, 0.25) is 5.91 Å². The molecule has 0 fully saturated rings. The number of methoxy groups -OCH3 is 1. The van der Waals surface area contributed by atoms with Crippen molar-refractivity contribution >= 4 is 23.6 Å². The van der Waals surface area contributed by atoms with E-state index in [9.17, 15) is 9.59 Å². The smallest absolute Gasteiger partial charge is 0.328 e. The Bertz CT molecular complexity index is 519. The van der Waals surface area contributed by atoms with Crippen molar-refractivity contribution in [3.63, 3.8) is 0 Å². The van der Waals surface area contributed by atoms with Gasteiger partial charge in [0, 0.05) is 24.9 Å². The van der Waals surface area contributed by atoms with Crippen LogP contribution in [0.25, 0.3) is 6.08 Å². The fraction of sp³-hybridized carbons (Fsp3) is 0.143. The average molecular weight is 277 g/mol. The second-order valence-electron chi connectivity index (χ2n) is 3.77. The molecule has 0 saturated carbocycles. The highest BCUT2D eigenvalue weighted by molar-refractivity contribution is 5.99. The third kappa shape index (κ3) is 5.94. The van der Waals surface area contributed by atoms with Gasteiger partial charge in [-0.05, 0) is 29.8 Å². The second kappa shape index (κ2) is 7.88. The summed E-state index contributed by atoms with van der Waals surface area (Å²) in [5.41, 5.74) is 1.26. The Morgan fingerprint density at radius 1 is 1.25 bits per heavy atom. The molecule has 0 radical (unpaired) electrons. The van der Waals surface area contributed by atoms with E-state index >= 15 is 0 Å². The monoisotopic (exact) mass is 277 g/mol. The SMILES string of the molecule is COC(O)/C=C/C(=O)Nc1ccc(/C=C/C(=O)O)cc1. The van der Waals surface area contributed by atoms with Crippen molar-refractivity contribution in [1.82, 2.24) is 0 Å². The van der Waals surface area contributed by atoms with Crippen LogP contribution >= 0.6 is 0 Å². The predicted octanol–water partition coefficient (Wildman–Crippen LogP) is 1.24. The number of amides is 1.